The quantitative estimate of drug-likeness (QED) is 0.796. The summed E-state index contributed by atoms with van der Waals surface area (Å²) in [6.07, 6.45) is -3.45. The number of thioether (sulfide) groups is 1. The number of furan rings is 1. The molecule has 2 aliphatic heterocycles. The molecular weight excluding hydrogens is 405 g/mol. The summed E-state index contributed by atoms with van der Waals surface area (Å²) in [5.41, 5.74) is -0.152. The van der Waals surface area contributed by atoms with E-state index in [1.165, 1.54) is 6.26 Å². The Balaban J connectivity index is 1.72. The highest BCUT2D eigenvalue weighted by molar-refractivity contribution is 7.99. The Kier molecular flexibility index (Phi) is 4.79. The number of nitrogens with zero attached hydrogens (tertiary/aromatic N) is 3. The highest BCUT2D eigenvalue weighted by Crippen LogP contribution is 2.46. The van der Waals surface area contributed by atoms with Crippen LogP contribution in [-0.4, -0.2) is 51.4 Å². The largest absolute Gasteiger partial charge is 0.467 e. The smallest absolute Gasteiger partial charge is 0.410 e. The molecule has 0 aliphatic carbocycles. The van der Waals surface area contributed by atoms with Gasteiger partial charge in [0.25, 0.3) is 5.91 Å². The first-order valence-electron chi connectivity index (χ1n) is 8.38. The summed E-state index contributed by atoms with van der Waals surface area (Å²) in [6.45, 7) is 1.04. The van der Waals surface area contributed by atoms with Gasteiger partial charge in [-0.25, -0.2) is 4.68 Å². The number of fused-ring (bicyclic) bond motifs is 1. The summed E-state index contributed by atoms with van der Waals surface area (Å²) in [7, 11) is 0. The van der Waals surface area contributed by atoms with Crippen LogP contribution in [-0.2, 0) is 0 Å². The van der Waals surface area contributed by atoms with Crippen LogP contribution in [0.25, 0.3) is 0 Å². The molecule has 0 bridgehead atoms. The molecule has 1 amide bonds. The first kappa shape index (κ1) is 18.5. The Labute approximate surface area is 162 Å². The summed E-state index contributed by atoms with van der Waals surface area (Å²) < 4.78 is 47.1. The van der Waals surface area contributed by atoms with Crippen molar-refractivity contribution in [1.82, 2.24) is 14.7 Å². The van der Waals surface area contributed by atoms with Gasteiger partial charge in [-0.2, -0.15) is 30.0 Å². The van der Waals surface area contributed by atoms with Crippen LogP contribution in [0.1, 0.15) is 34.8 Å². The van der Waals surface area contributed by atoms with Gasteiger partial charge in [0, 0.05) is 31.0 Å². The number of anilines is 1. The topological polar surface area (TPSA) is 63.3 Å². The Morgan fingerprint density at radius 1 is 1.37 bits per heavy atom. The second-order valence-corrected chi connectivity index (χ2v) is 7.97. The predicted octanol–water partition coefficient (Wildman–Crippen LogP) is 3.98. The average molecular weight is 421 g/mol. The van der Waals surface area contributed by atoms with Crippen LogP contribution in [0.5, 0.6) is 0 Å². The normalized spacial score (nSPS) is 23.0. The number of rotatable bonds is 2. The fourth-order valence-corrected chi connectivity index (χ4v) is 4.48. The Morgan fingerprint density at radius 2 is 2.11 bits per heavy atom. The number of hydrogen-bond donors (Lipinski definition) is 1. The lowest BCUT2D eigenvalue weighted by Gasteiger charge is -2.32. The van der Waals surface area contributed by atoms with Gasteiger partial charge in [-0.3, -0.25) is 4.79 Å². The zero-order chi connectivity index (χ0) is 19.2. The SMILES string of the molecule is O=C(c1nn2c(c1Cl)N[C@@H](c1ccco1)C[C@@H]2C(F)(F)F)N1CCSCC1. The number of carbonyl (C=O) groups is 1. The molecule has 2 atom stereocenters. The van der Waals surface area contributed by atoms with Crippen LogP contribution in [0.2, 0.25) is 5.02 Å². The molecule has 2 aliphatic rings. The van der Waals surface area contributed by atoms with Gasteiger partial charge in [0.2, 0.25) is 0 Å². The van der Waals surface area contributed by atoms with Gasteiger partial charge in [-0.15, -0.1) is 0 Å². The molecule has 1 N–H and O–H groups in total. The van der Waals surface area contributed by atoms with Crippen molar-refractivity contribution in [3.05, 3.63) is 34.9 Å². The number of halogens is 4. The molecule has 27 heavy (non-hydrogen) atoms. The molecule has 4 rings (SSSR count). The fourth-order valence-electron chi connectivity index (χ4n) is 3.32. The molecule has 146 valence electrons. The maximum Gasteiger partial charge on any atom is 0.410 e. The molecule has 2 aromatic heterocycles. The minimum Gasteiger partial charge on any atom is -0.467 e. The van der Waals surface area contributed by atoms with Crippen molar-refractivity contribution in [2.45, 2.75) is 24.7 Å². The van der Waals surface area contributed by atoms with Crippen molar-refractivity contribution in [1.29, 1.82) is 0 Å². The van der Waals surface area contributed by atoms with E-state index in [-0.39, 0.29) is 23.0 Å². The summed E-state index contributed by atoms with van der Waals surface area (Å²) >= 11 is 8.02. The van der Waals surface area contributed by atoms with Gasteiger partial charge in [0.1, 0.15) is 16.6 Å². The average Bonchev–Trinajstić information content (AvgIpc) is 3.29. The van der Waals surface area contributed by atoms with E-state index in [4.69, 9.17) is 16.0 Å². The number of amides is 1. The number of hydrogen-bond acceptors (Lipinski definition) is 5. The predicted molar refractivity (Wildman–Crippen MR) is 95.2 cm³/mol. The number of nitrogens with one attached hydrogen (secondary N) is 1. The van der Waals surface area contributed by atoms with E-state index in [2.05, 4.69) is 10.4 Å². The van der Waals surface area contributed by atoms with Gasteiger partial charge in [-0.05, 0) is 12.1 Å². The zero-order valence-electron chi connectivity index (χ0n) is 14.0. The third kappa shape index (κ3) is 3.40. The highest BCUT2D eigenvalue weighted by Gasteiger charge is 2.48. The second kappa shape index (κ2) is 6.97. The van der Waals surface area contributed by atoms with Crippen molar-refractivity contribution in [2.24, 2.45) is 0 Å². The van der Waals surface area contributed by atoms with Crippen LogP contribution < -0.4 is 5.32 Å². The molecule has 0 aromatic carbocycles. The molecule has 0 spiro atoms. The van der Waals surface area contributed by atoms with Crippen LogP contribution in [0.4, 0.5) is 19.0 Å². The minimum atomic E-state index is -4.54. The van der Waals surface area contributed by atoms with E-state index in [0.717, 1.165) is 16.2 Å². The van der Waals surface area contributed by atoms with E-state index in [1.54, 1.807) is 28.8 Å². The van der Waals surface area contributed by atoms with Crippen molar-refractivity contribution in [2.75, 3.05) is 29.9 Å². The lowest BCUT2D eigenvalue weighted by atomic mass is 10.0. The maximum absolute atomic E-state index is 13.7. The number of aromatic nitrogens is 2. The van der Waals surface area contributed by atoms with Gasteiger partial charge in [0.05, 0.1) is 12.3 Å². The van der Waals surface area contributed by atoms with Crippen LogP contribution in [0.3, 0.4) is 0 Å². The molecule has 0 saturated carbocycles. The molecule has 0 radical (unpaired) electrons. The zero-order valence-corrected chi connectivity index (χ0v) is 15.6. The van der Waals surface area contributed by atoms with E-state index in [9.17, 15) is 18.0 Å². The number of alkyl halides is 3. The third-order valence-corrected chi connectivity index (χ3v) is 5.98. The summed E-state index contributed by atoms with van der Waals surface area (Å²) in [5.74, 6) is 1.47. The van der Waals surface area contributed by atoms with Gasteiger partial charge in [0.15, 0.2) is 11.7 Å². The van der Waals surface area contributed by atoms with Gasteiger partial charge >= 0.3 is 6.18 Å². The Bertz CT molecular complexity index is 834. The van der Waals surface area contributed by atoms with Crippen LogP contribution in [0, 0.1) is 0 Å². The third-order valence-electron chi connectivity index (χ3n) is 4.68. The van der Waals surface area contributed by atoms with E-state index in [1.807, 2.05) is 0 Å². The maximum atomic E-state index is 13.7. The molecule has 1 fully saturated rings. The van der Waals surface area contributed by atoms with E-state index < -0.39 is 24.2 Å². The molecule has 4 heterocycles. The number of carbonyl (C=O) groups excluding carboxylic acids is 1. The lowest BCUT2D eigenvalue weighted by molar-refractivity contribution is -0.174. The van der Waals surface area contributed by atoms with E-state index >= 15 is 0 Å². The molecule has 0 unspecified atom stereocenters. The molecule has 2 aromatic rings. The van der Waals surface area contributed by atoms with Crippen molar-refractivity contribution >= 4 is 35.1 Å². The monoisotopic (exact) mass is 420 g/mol. The standard InChI is InChI=1S/C16H16ClF3N4O2S/c17-12-13(15(25)23-3-6-27-7-4-23)22-24-11(16(18,19)20)8-9(21-14(12)24)10-2-1-5-26-10/h1-2,5,9,11,21H,3-4,6-8H2/t9-,11-/m1/s1. The second-order valence-electron chi connectivity index (χ2n) is 6.37. The first-order chi connectivity index (χ1) is 12.9. The molecule has 6 nitrogen and oxygen atoms in total. The lowest BCUT2D eigenvalue weighted by Crippen LogP contribution is -2.38. The molecule has 11 heteroatoms. The van der Waals surface area contributed by atoms with Crippen molar-refractivity contribution in [3.63, 3.8) is 0 Å². The van der Waals surface area contributed by atoms with Gasteiger partial charge in [-0.1, -0.05) is 11.6 Å². The van der Waals surface area contributed by atoms with Crippen LogP contribution >= 0.6 is 23.4 Å². The Morgan fingerprint density at radius 3 is 2.74 bits per heavy atom. The van der Waals surface area contributed by atoms with Gasteiger partial charge < -0.3 is 14.6 Å². The molecular formula is C16H16ClF3N4O2S. The highest BCUT2D eigenvalue weighted by atomic mass is 35.5. The first-order valence-corrected chi connectivity index (χ1v) is 9.91. The summed E-state index contributed by atoms with van der Waals surface area (Å²) in [4.78, 5) is 14.3. The van der Waals surface area contributed by atoms with Crippen LogP contribution in [0.15, 0.2) is 22.8 Å². The summed E-state index contributed by atoms with van der Waals surface area (Å²) in [6, 6.07) is 0.585. The van der Waals surface area contributed by atoms with E-state index in [0.29, 0.717) is 18.8 Å². The fraction of sp³-hybridized carbons (Fsp3) is 0.500. The Hall–Kier alpha value is -1.81. The minimum absolute atomic E-state index is 0.0126. The van der Waals surface area contributed by atoms with Crippen molar-refractivity contribution in [3.8, 4) is 0 Å². The molecule has 1 saturated heterocycles. The van der Waals surface area contributed by atoms with Crippen molar-refractivity contribution < 1.29 is 22.4 Å². The summed E-state index contributed by atoms with van der Waals surface area (Å²) in [5, 5.41) is 6.82.